The van der Waals surface area contributed by atoms with E-state index in [1.54, 1.807) is 30.1 Å². The van der Waals surface area contributed by atoms with E-state index < -0.39 is 21.1 Å². The SMILES string of the molecule is Cn1cc(S(=O)(=O)C[C@H]2CCC3=Cc4c(cnn4-c4ccc(F)cc4)C[C@]3(C(=O)c3cc(F)ccn3)C2)cn1. The van der Waals surface area contributed by atoms with E-state index in [9.17, 15) is 22.0 Å². The van der Waals surface area contributed by atoms with Crippen LogP contribution in [0.4, 0.5) is 8.78 Å². The normalized spacial score (nSPS) is 20.7. The summed E-state index contributed by atoms with van der Waals surface area (Å²) in [6.07, 6.45) is 9.27. The van der Waals surface area contributed by atoms with E-state index in [4.69, 9.17) is 0 Å². The van der Waals surface area contributed by atoms with Crippen LogP contribution in [0.5, 0.6) is 0 Å². The average Bonchev–Trinajstić information content (AvgIpc) is 3.53. The van der Waals surface area contributed by atoms with Crippen molar-refractivity contribution >= 4 is 21.7 Å². The van der Waals surface area contributed by atoms with Gasteiger partial charge in [-0.25, -0.2) is 21.9 Å². The number of nitrogens with zero attached hydrogens (tertiary/aromatic N) is 5. The summed E-state index contributed by atoms with van der Waals surface area (Å²) in [6, 6.07) is 8.28. The number of halogens is 2. The lowest BCUT2D eigenvalue weighted by Gasteiger charge is -2.43. The van der Waals surface area contributed by atoms with Gasteiger partial charge in [0.05, 0.1) is 34.9 Å². The van der Waals surface area contributed by atoms with Gasteiger partial charge < -0.3 is 0 Å². The number of rotatable bonds is 6. The van der Waals surface area contributed by atoms with Gasteiger partial charge in [0, 0.05) is 25.5 Å². The van der Waals surface area contributed by atoms with Crippen LogP contribution in [0.3, 0.4) is 0 Å². The smallest absolute Gasteiger partial charge is 0.191 e. The molecule has 11 heteroatoms. The number of hydrogen-bond donors (Lipinski definition) is 0. The van der Waals surface area contributed by atoms with E-state index in [0.29, 0.717) is 18.5 Å². The van der Waals surface area contributed by atoms with Gasteiger partial charge in [-0.1, -0.05) is 5.57 Å². The van der Waals surface area contributed by atoms with Crippen LogP contribution < -0.4 is 0 Å². The maximum Gasteiger partial charge on any atom is 0.191 e. The van der Waals surface area contributed by atoms with Crippen molar-refractivity contribution in [3.05, 3.63) is 95.3 Å². The highest BCUT2D eigenvalue weighted by Gasteiger charge is 2.50. The standard InChI is InChI=1S/C28H25F2N5O3S/c1-34-16-24(15-32-34)39(37,38)17-18-2-3-20-10-26-19(14-33-35(26)23-6-4-21(29)5-7-23)13-28(20,12-18)27(36)25-11-22(30)8-9-31-25/h4-11,14-16,18H,2-3,12-13,17H2,1H3/t18-,28+/m0/s1. The summed E-state index contributed by atoms with van der Waals surface area (Å²) in [6.45, 7) is 0. The third kappa shape index (κ3) is 4.50. The number of hydrogen-bond acceptors (Lipinski definition) is 6. The van der Waals surface area contributed by atoms with E-state index in [-0.39, 0.29) is 46.7 Å². The second-order valence-electron chi connectivity index (χ2n) is 10.3. The first-order valence-electron chi connectivity index (χ1n) is 12.6. The number of aromatic nitrogens is 5. The zero-order valence-corrected chi connectivity index (χ0v) is 21.9. The molecule has 6 rings (SSSR count). The van der Waals surface area contributed by atoms with Crippen molar-refractivity contribution in [2.45, 2.75) is 30.6 Å². The third-order valence-corrected chi connectivity index (χ3v) is 9.56. The number of ketones is 1. The summed E-state index contributed by atoms with van der Waals surface area (Å²) in [4.78, 5) is 18.4. The Morgan fingerprint density at radius 3 is 2.62 bits per heavy atom. The molecule has 2 atom stereocenters. The molecule has 0 radical (unpaired) electrons. The van der Waals surface area contributed by atoms with Crippen molar-refractivity contribution < 1.29 is 22.0 Å². The van der Waals surface area contributed by atoms with Crippen molar-refractivity contribution in [3.8, 4) is 5.69 Å². The van der Waals surface area contributed by atoms with Crippen molar-refractivity contribution in [2.75, 3.05) is 5.75 Å². The largest absolute Gasteiger partial charge is 0.291 e. The Balaban J connectivity index is 1.40. The number of sulfone groups is 1. The minimum absolute atomic E-state index is 0.00560. The monoisotopic (exact) mass is 549 g/mol. The molecule has 0 saturated heterocycles. The molecule has 2 aliphatic carbocycles. The first-order chi connectivity index (χ1) is 18.6. The molecule has 0 spiro atoms. The second kappa shape index (κ2) is 9.33. The van der Waals surface area contributed by atoms with E-state index >= 15 is 0 Å². The molecule has 0 aliphatic heterocycles. The van der Waals surface area contributed by atoms with Crippen LogP contribution in [0, 0.1) is 23.0 Å². The van der Waals surface area contributed by atoms with Gasteiger partial charge in [-0.15, -0.1) is 0 Å². The van der Waals surface area contributed by atoms with Crippen LogP contribution >= 0.6 is 0 Å². The summed E-state index contributed by atoms with van der Waals surface area (Å²) in [5.74, 6) is -1.69. The van der Waals surface area contributed by atoms with Gasteiger partial charge in [-0.05, 0) is 73.6 Å². The van der Waals surface area contributed by atoms with Crippen molar-refractivity contribution in [1.82, 2.24) is 24.5 Å². The fourth-order valence-corrected chi connectivity index (χ4v) is 7.50. The van der Waals surface area contributed by atoms with E-state index in [2.05, 4.69) is 15.2 Å². The van der Waals surface area contributed by atoms with Gasteiger partial charge in [0.2, 0.25) is 0 Å². The molecule has 1 fully saturated rings. The van der Waals surface area contributed by atoms with Gasteiger partial charge in [0.1, 0.15) is 22.2 Å². The molecule has 39 heavy (non-hydrogen) atoms. The zero-order chi connectivity index (χ0) is 27.4. The lowest BCUT2D eigenvalue weighted by molar-refractivity contribution is 0.0762. The molecule has 2 aliphatic rings. The molecule has 200 valence electrons. The lowest BCUT2D eigenvalue weighted by Crippen LogP contribution is -2.43. The summed E-state index contributed by atoms with van der Waals surface area (Å²) in [5.41, 5.74) is 2.02. The average molecular weight is 550 g/mol. The Hall–Kier alpha value is -3.99. The molecule has 0 amide bonds. The van der Waals surface area contributed by atoms with E-state index in [1.165, 1.54) is 41.5 Å². The van der Waals surface area contributed by atoms with Crippen LogP contribution in [0.15, 0.2) is 71.7 Å². The quantitative estimate of drug-likeness (QED) is 0.332. The second-order valence-corrected chi connectivity index (χ2v) is 12.3. The number of Topliss-reactive ketones (excluding diaryl/α,β-unsaturated/α-hetero) is 1. The van der Waals surface area contributed by atoms with Crippen LogP contribution in [0.25, 0.3) is 11.8 Å². The molecule has 3 heterocycles. The third-order valence-electron chi connectivity index (χ3n) is 7.72. The summed E-state index contributed by atoms with van der Waals surface area (Å²) < 4.78 is 57.2. The number of aryl methyl sites for hydroxylation is 1. The predicted molar refractivity (Wildman–Crippen MR) is 139 cm³/mol. The van der Waals surface area contributed by atoms with Crippen LogP contribution in [0.2, 0.25) is 0 Å². The maximum absolute atomic E-state index is 14.1. The molecule has 1 saturated carbocycles. The Labute approximate surface area is 223 Å². The minimum atomic E-state index is -3.63. The highest BCUT2D eigenvalue weighted by Crippen LogP contribution is 2.52. The summed E-state index contributed by atoms with van der Waals surface area (Å²) >= 11 is 0. The molecule has 3 aromatic heterocycles. The molecule has 1 aromatic carbocycles. The molecule has 8 nitrogen and oxygen atoms in total. The number of carbonyl (C=O) groups excluding carboxylic acids is 1. The number of allylic oxidation sites excluding steroid dienone is 1. The van der Waals surface area contributed by atoms with E-state index in [1.807, 2.05) is 6.08 Å². The first-order valence-corrected chi connectivity index (χ1v) is 14.2. The Morgan fingerprint density at radius 1 is 1.10 bits per heavy atom. The molecule has 0 bridgehead atoms. The topological polar surface area (TPSA) is 99.7 Å². The molecule has 0 N–H and O–H groups in total. The highest BCUT2D eigenvalue weighted by molar-refractivity contribution is 7.91. The van der Waals surface area contributed by atoms with Crippen molar-refractivity contribution in [1.29, 1.82) is 0 Å². The molecule has 4 aromatic rings. The summed E-state index contributed by atoms with van der Waals surface area (Å²) in [7, 11) is -1.98. The van der Waals surface area contributed by atoms with Crippen LogP contribution in [-0.2, 0) is 23.3 Å². The molecule has 0 unspecified atom stereocenters. The maximum atomic E-state index is 14.1. The van der Waals surface area contributed by atoms with Crippen LogP contribution in [-0.4, -0.2) is 44.5 Å². The minimum Gasteiger partial charge on any atom is -0.291 e. The molecular formula is C28H25F2N5O3S. The first kappa shape index (κ1) is 25.3. The van der Waals surface area contributed by atoms with Crippen molar-refractivity contribution in [2.24, 2.45) is 18.4 Å². The Morgan fingerprint density at radius 2 is 1.90 bits per heavy atom. The fraction of sp³-hybridized carbons (Fsp3) is 0.286. The van der Waals surface area contributed by atoms with Crippen LogP contribution in [0.1, 0.15) is 41.0 Å². The Kier molecular flexibility index (Phi) is 6.05. The van der Waals surface area contributed by atoms with Gasteiger partial charge in [-0.2, -0.15) is 10.2 Å². The lowest BCUT2D eigenvalue weighted by atomic mass is 9.59. The Bertz CT molecular complexity index is 1730. The fourth-order valence-electron chi connectivity index (χ4n) is 5.88. The predicted octanol–water partition coefficient (Wildman–Crippen LogP) is 4.36. The number of carbonyl (C=O) groups is 1. The van der Waals surface area contributed by atoms with E-state index in [0.717, 1.165) is 22.9 Å². The zero-order valence-electron chi connectivity index (χ0n) is 21.1. The van der Waals surface area contributed by atoms with Gasteiger partial charge in [-0.3, -0.25) is 14.5 Å². The number of benzene rings is 1. The highest BCUT2D eigenvalue weighted by atomic mass is 32.2. The number of fused-ring (bicyclic) bond motifs is 2. The van der Waals surface area contributed by atoms with Gasteiger partial charge >= 0.3 is 0 Å². The summed E-state index contributed by atoms with van der Waals surface area (Å²) in [5, 5.41) is 8.50. The number of pyridine rings is 1. The molecular weight excluding hydrogens is 524 g/mol. The van der Waals surface area contributed by atoms with Crippen molar-refractivity contribution in [3.63, 3.8) is 0 Å². The van der Waals surface area contributed by atoms with Gasteiger partial charge in [0.15, 0.2) is 15.6 Å². The van der Waals surface area contributed by atoms with Gasteiger partial charge in [0.25, 0.3) is 0 Å².